The van der Waals surface area contributed by atoms with Crippen molar-refractivity contribution < 1.29 is 29.2 Å². The van der Waals surface area contributed by atoms with Crippen LogP contribution in [0.1, 0.15) is 6.92 Å². The molecule has 1 amide bonds. The van der Waals surface area contributed by atoms with E-state index in [1.165, 1.54) is 6.92 Å². The highest BCUT2D eigenvalue weighted by Gasteiger charge is 2.57. The number of aliphatic hydroxyl groups is 3. The fourth-order valence-corrected chi connectivity index (χ4v) is 2.00. The summed E-state index contributed by atoms with van der Waals surface area (Å²) in [6.07, 6.45) is -4.26. The Bertz CT molecular complexity index is 608. The van der Waals surface area contributed by atoms with E-state index in [4.69, 9.17) is 9.84 Å². The molecule has 4 atom stereocenters. The van der Waals surface area contributed by atoms with Crippen molar-refractivity contribution in [2.75, 3.05) is 11.9 Å². The molecule has 0 unspecified atom stereocenters. The molecular formula is C11H14FN3O6. The minimum Gasteiger partial charge on any atom is -0.394 e. The Balaban J connectivity index is 2.38. The van der Waals surface area contributed by atoms with Crippen LogP contribution in [0.25, 0.3) is 0 Å². The Morgan fingerprint density at radius 3 is 2.76 bits per heavy atom. The van der Waals surface area contributed by atoms with Crippen LogP contribution in [0.15, 0.2) is 17.1 Å². The molecule has 10 heteroatoms. The summed E-state index contributed by atoms with van der Waals surface area (Å²) in [5, 5.41) is 30.4. The number of halogens is 1. The smallest absolute Gasteiger partial charge is 0.354 e. The van der Waals surface area contributed by atoms with Gasteiger partial charge in [0.2, 0.25) is 5.91 Å². The molecule has 1 aromatic heterocycles. The molecule has 1 fully saturated rings. The third kappa shape index (κ3) is 2.65. The monoisotopic (exact) mass is 303 g/mol. The molecule has 0 aliphatic carbocycles. The van der Waals surface area contributed by atoms with Crippen molar-refractivity contribution in [2.45, 2.75) is 31.2 Å². The van der Waals surface area contributed by atoms with Crippen LogP contribution in [0.2, 0.25) is 0 Å². The Kier molecular flexibility index (Phi) is 4.05. The minimum absolute atomic E-state index is 0.0981. The van der Waals surface area contributed by atoms with Crippen LogP contribution in [0.3, 0.4) is 0 Å². The lowest BCUT2D eigenvalue weighted by Crippen LogP contribution is -2.47. The molecule has 1 saturated heterocycles. The number of nitrogens with one attached hydrogen (secondary N) is 1. The lowest BCUT2D eigenvalue weighted by molar-refractivity contribution is -0.239. The van der Waals surface area contributed by atoms with Crippen LogP contribution in [0, 0.1) is 0 Å². The van der Waals surface area contributed by atoms with Gasteiger partial charge in [-0.3, -0.25) is 4.79 Å². The summed E-state index contributed by atoms with van der Waals surface area (Å²) >= 11 is 0. The summed E-state index contributed by atoms with van der Waals surface area (Å²) in [6.45, 7) is 0.464. The number of rotatable bonds is 3. The maximum atomic E-state index is 14.7. The first-order valence-electron chi connectivity index (χ1n) is 6.01. The van der Waals surface area contributed by atoms with Gasteiger partial charge in [0.25, 0.3) is 0 Å². The fourth-order valence-electron chi connectivity index (χ4n) is 2.00. The van der Waals surface area contributed by atoms with E-state index < -0.39 is 42.5 Å². The zero-order chi connectivity index (χ0) is 15.8. The van der Waals surface area contributed by atoms with Crippen LogP contribution in [-0.4, -0.2) is 55.7 Å². The van der Waals surface area contributed by atoms with Crippen LogP contribution in [0.5, 0.6) is 0 Å². The van der Waals surface area contributed by atoms with E-state index in [2.05, 4.69) is 10.3 Å². The molecule has 1 aromatic rings. The highest BCUT2D eigenvalue weighted by atomic mass is 19.2. The van der Waals surface area contributed by atoms with Crippen molar-refractivity contribution in [3.63, 3.8) is 0 Å². The number of amides is 1. The number of nitrogens with zero attached hydrogens (tertiary/aromatic N) is 2. The summed E-state index contributed by atoms with van der Waals surface area (Å²) in [5.74, 6) is -3.63. The van der Waals surface area contributed by atoms with Gasteiger partial charge in [-0.05, 0) is 6.07 Å². The van der Waals surface area contributed by atoms with Crippen molar-refractivity contribution in [3.8, 4) is 0 Å². The van der Waals surface area contributed by atoms with Crippen molar-refractivity contribution in [1.82, 2.24) is 9.55 Å². The Labute approximate surface area is 117 Å². The van der Waals surface area contributed by atoms with Gasteiger partial charge in [0, 0.05) is 13.1 Å². The normalized spacial score (nSPS) is 32.1. The highest BCUT2D eigenvalue weighted by molar-refractivity contribution is 5.87. The first kappa shape index (κ1) is 15.5. The predicted molar refractivity (Wildman–Crippen MR) is 65.9 cm³/mol. The zero-order valence-electron chi connectivity index (χ0n) is 10.9. The minimum atomic E-state index is -3.06. The number of hydrogen-bond acceptors (Lipinski definition) is 7. The number of aliphatic hydroxyl groups excluding tert-OH is 3. The standard InChI is InChI=1S/C11H14FN3O6/c1-5(17)13-7-2-3-15(10(20)14-7)11(12)9(19)8(18)6(4-16)21-11/h2-3,6,8-9,16,18-19H,4H2,1H3,(H,13,14,17,20)/t6-,8-,9-,11+/m1/s1. The van der Waals surface area contributed by atoms with E-state index in [-0.39, 0.29) is 5.82 Å². The molecule has 116 valence electrons. The molecule has 2 heterocycles. The molecule has 0 saturated carbocycles. The maximum absolute atomic E-state index is 14.7. The van der Waals surface area contributed by atoms with E-state index in [0.29, 0.717) is 4.57 Å². The van der Waals surface area contributed by atoms with Crippen LogP contribution in [0.4, 0.5) is 10.2 Å². The highest BCUT2D eigenvalue weighted by Crippen LogP contribution is 2.35. The molecule has 0 aromatic carbocycles. The van der Waals surface area contributed by atoms with Gasteiger partial charge in [-0.2, -0.15) is 9.37 Å². The van der Waals surface area contributed by atoms with E-state index >= 15 is 0 Å². The fraction of sp³-hybridized carbons (Fsp3) is 0.545. The third-order valence-electron chi connectivity index (χ3n) is 3.00. The van der Waals surface area contributed by atoms with Crippen LogP contribution < -0.4 is 11.0 Å². The molecule has 0 radical (unpaired) electrons. The summed E-state index contributed by atoms with van der Waals surface area (Å²) in [7, 11) is 0. The van der Waals surface area contributed by atoms with E-state index in [1.54, 1.807) is 0 Å². The lowest BCUT2D eigenvalue weighted by atomic mass is 10.1. The van der Waals surface area contributed by atoms with Crippen molar-refractivity contribution in [2.24, 2.45) is 0 Å². The summed E-state index contributed by atoms with van der Waals surface area (Å²) < 4.78 is 19.7. The summed E-state index contributed by atoms with van der Waals surface area (Å²) in [6, 6.07) is 1.12. The van der Waals surface area contributed by atoms with E-state index in [9.17, 15) is 24.2 Å². The Morgan fingerprint density at radius 1 is 1.62 bits per heavy atom. The SMILES string of the molecule is CC(=O)Nc1ccn([C@]2(F)O[C@H](CO)[C@@H](O)[C@H]2O)c(=O)n1. The topological polar surface area (TPSA) is 134 Å². The second-order valence-corrected chi connectivity index (χ2v) is 4.53. The van der Waals surface area contributed by atoms with Gasteiger partial charge < -0.3 is 25.4 Å². The summed E-state index contributed by atoms with van der Waals surface area (Å²) in [5.41, 5.74) is -1.14. The molecule has 0 bridgehead atoms. The number of aromatic nitrogens is 2. The van der Waals surface area contributed by atoms with Gasteiger partial charge in [-0.15, -0.1) is 0 Å². The third-order valence-corrected chi connectivity index (χ3v) is 3.00. The van der Waals surface area contributed by atoms with Gasteiger partial charge in [0.1, 0.15) is 18.0 Å². The average molecular weight is 303 g/mol. The molecule has 21 heavy (non-hydrogen) atoms. The van der Waals surface area contributed by atoms with Gasteiger partial charge in [0.15, 0.2) is 6.10 Å². The van der Waals surface area contributed by atoms with Gasteiger partial charge in [-0.25, -0.2) is 9.36 Å². The van der Waals surface area contributed by atoms with Crippen molar-refractivity contribution in [3.05, 3.63) is 22.7 Å². The number of carbonyl (C=O) groups excluding carboxylic acids is 1. The second kappa shape index (κ2) is 5.48. The van der Waals surface area contributed by atoms with Crippen molar-refractivity contribution in [1.29, 1.82) is 0 Å². The van der Waals surface area contributed by atoms with Gasteiger partial charge in [-0.1, -0.05) is 0 Å². The van der Waals surface area contributed by atoms with E-state index in [0.717, 1.165) is 12.3 Å². The number of alkyl halides is 1. The molecule has 0 spiro atoms. The largest absolute Gasteiger partial charge is 0.394 e. The molecule has 4 N–H and O–H groups in total. The molecular weight excluding hydrogens is 289 g/mol. The number of ether oxygens (including phenoxy) is 1. The number of hydrogen-bond donors (Lipinski definition) is 4. The molecule has 1 aliphatic heterocycles. The van der Waals surface area contributed by atoms with Crippen LogP contribution >= 0.6 is 0 Å². The second-order valence-electron chi connectivity index (χ2n) is 4.53. The first-order valence-corrected chi connectivity index (χ1v) is 6.01. The summed E-state index contributed by atoms with van der Waals surface area (Å²) in [4.78, 5) is 26.0. The number of anilines is 1. The van der Waals surface area contributed by atoms with Gasteiger partial charge in [0.05, 0.1) is 6.61 Å². The number of carbonyl (C=O) groups is 1. The zero-order valence-corrected chi connectivity index (χ0v) is 10.9. The van der Waals surface area contributed by atoms with Crippen molar-refractivity contribution >= 4 is 11.7 Å². The Hall–Kier alpha value is -1.88. The lowest BCUT2D eigenvalue weighted by Gasteiger charge is -2.24. The van der Waals surface area contributed by atoms with Crippen LogP contribution in [-0.2, 0) is 15.5 Å². The predicted octanol–water partition coefficient (Wildman–Crippen LogP) is -2.11. The molecule has 9 nitrogen and oxygen atoms in total. The first-order chi connectivity index (χ1) is 9.79. The Morgan fingerprint density at radius 2 is 2.29 bits per heavy atom. The van der Waals surface area contributed by atoms with Gasteiger partial charge >= 0.3 is 11.7 Å². The molecule has 1 aliphatic rings. The molecule has 2 rings (SSSR count). The maximum Gasteiger partial charge on any atom is 0.354 e. The quantitative estimate of drug-likeness (QED) is 0.502. The average Bonchev–Trinajstić information content (AvgIpc) is 2.63. The van der Waals surface area contributed by atoms with E-state index in [1.807, 2.05) is 0 Å².